The van der Waals surface area contributed by atoms with Crippen LogP contribution in [0.1, 0.15) is 29.3 Å². The second kappa shape index (κ2) is 8.81. The number of rotatable bonds is 7. The number of hydrogen-bond acceptors (Lipinski definition) is 3. The zero-order valence-corrected chi connectivity index (χ0v) is 14.9. The quantitative estimate of drug-likeness (QED) is 0.672. The molecule has 0 atom stereocenters. The number of carbonyl (C=O) groups is 1. The summed E-state index contributed by atoms with van der Waals surface area (Å²) in [4.78, 5) is 19.3. The van der Waals surface area contributed by atoms with Gasteiger partial charge < -0.3 is 10.2 Å². The van der Waals surface area contributed by atoms with Crippen LogP contribution < -0.4 is 10.2 Å². The molecule has 132 valence electrons. The first-order chi connectivity index (χ1) is 12.8. The normalized spacial score (nSPS) is 10.3. The maximum Gasteiger partial charge on any atom is 0.260 e. The van der Waals surface area contributed by atoms with Gasteiger partial charge in [0.05, 0.1) is 17.8 Å². The first kappa shape index (κ1) is 17.7. The number of carbonyl (C=O) groups excluding carboxylic acids is 1. The molecule has 3 rings (SSSR count). The van der Waals surface area contributed by atoms with Gasteiger partial charge in [0.2, 0.25) is 0 Å². The number of benzene rings is 2. The fraction of sp³-hybridized carbons (Fsp3) is 0.182. The molecule has 1 N–H and O–H groups in total. The van der Waals surface area contributed by atoms with E-state index in [1.807, 2.05) is 66.7 Å². The van der Waals surface area contributed by atoms with Crippen molar-refractivity contribution in [2.45, 2.75) is 19.9 Å². The molecule has 0 aliphatic heterocycles. The summed E-state index contributed by atoms with van der Waals surface area (Å²) in [6, 6.07) is 21.6. The molecule has 0 saturated heterocycles. The smallest absolute Gasteiger partial charge is 0.260 e. The summed E-state index contributed by atoms with van der Waals surface area (Å²) in [7, 11) is 0. The van der Waals surface area contributed by atoms with E-state index in [9.17, 15) is 4.79 Å². The molecule has 26 heavy (non-hydrogen) atoms. The number of pyridine rings is 1. The Morgan fingerprint density at radius 2 is 1.69 bits per heavy atom. The summed E-state index contributed by atoms with van der Waals surface area (Å²) in [5.74, 6) is -0.0623. The molecule has 0 radical (unpaired) electrons. The highest BCUT2D eigenvalue weighted by molar-refractivity contribution is 6.06. The van der Waals surface area contributed by atoms with Crippen molar-refractivity contribution in [2.24, 2.45) is 0 Å². The first-order valence-corrected chi connectivity index (χ1v) is 8.87. The van der Waals surface area contributed by atoms with Gasteiger partial charge in [0.25, 0.3) is 5.91 Å². The Labute approximate surface area is 154 Å². The third-order valence-electron chi connectivity index (χ3n) is 4.06. The number of nitrogens with zero attached hydrogens (tertiary/aromatic N) is 2. The van der Waals surface area contributed by atoms with Gasteiger partial charge in [0.15, 0.2) is 0 Å². The average Bonchev–Trinajstić information content (AvgIpc) is 2.71. The van der Waals surface area contributed by atoms with Crippen molar-refractivity contribution in [1.82, 2.24) is 4.98 Å². The number of amides is 1. The van der Waals surface area contributed by atoms with E-state index >= 15 is 0 Å². The van der Waals surface area contributed by atoms with Gasteiger partial charge in [-0.3, -0.25) is 9.78 Å². The highest BCUT2D eigenvalue weighted by Gasteiger charge is 2.18. The molecule has 0 aliphatic rings. The van der Waals surface area contributed by atoms with E-state index in [1.54, 1.807) is 17.3 Å². The van der Waals surface area contributed by atoms with Crippen LogP contribution in [0.15, 0.2) is 79.1 Å². The van der Waals surface area contributed by atoms with Crippen LogP contribution in [0, 0.1) is 0 Å². The largest absolute Gasteiger partial charge is 0.384 e. The van der Waals surface area contributed by atoms with E-state index in [0.717, 1.165) is 29.9 Å². The minimum atomic E-state index is -0.0623. The van der Waals surface area contributed by atoms with Crippen LogP contribution in [0.2, 0.25) is 0 Å². The molecule has 1 heterocycles. The summed E-state index contributed by atoms with van der Waals surface area (Å²) >= 11 is 0. The van der Waals surface area contributed by atoms with Gasteiger partial charge in [-0.25, -0.2) is 0 Å². The van der Waals surface area contributed by atoms with Crippen LogP contribution in [0.3, 0.4) is 0 Å². The zero-order chi connectivity index (χ0) is 18.2. The lowest BCUT2D eigenvalue weighted by Crippen LogP contribution is -2.30. The van der Waals surface area contributed by atoms with Crippen molar-refractivity contribution in [3.8, 4) is 0 Å². The van der Waals surface area contributed by atoms with Crippen molar-refractivity contribution < 1.29 is 4.79 Å². The second-order valence-corrected chi connectivity index (χ2v) is 6.10. The fourth-order valence-corrected chi connectivity index (χ4v) is 2.73. The van der Waals surface area contributed by atoms with Crippen molar-refractivity contribution >= 4 is 17.3 Å². The van der Waals surface area contributed by atoms with E-state index in [-0.39, 0.29) is 5.91 Å². The molecule has 0 aliphatic carbocycles. The Morgan fingerprint density at radius 1 is 1.00 bits per heavy atom. The molecule has 0 bridgehead atoms. The molecule has 0 spiro atoms. The second-order valence-electron chi connectivity index (χ2n) is 6.10. The van der Waals surface area contributed by atoms with Crippen molar-refractivity contribution in [3.63, 3.8) is 0 Å². The van der Waals surface area contributed by atoms with E-state index in [0.29, 0.717) is 12.1 Å². The Kier molecular flexibility index (Phi) is 5.99. The molecule has 4 nitrogen and oxygen atoms in total. The van der Waals surface area contributed by atoms with Crippen LogP contribution in [-0.4, -0.2) is 17.4 Å². The lowest BCUT2D eigenvalue weighted by molar-refractivity contribution is 0.0985. The maximum atomic E-state index is 13.2. The minimum Gasteiger partial charge on any atom is -0.384 e. The Balaban J connectivity index is 1.90. The molecule has 1 aromatic heterocycles. The molecule has 1 amide bonds. The number of hydrogen-bond donors (Lipinski definition) is 1. The third kappa shape index (κ3) is 4.48. The van der Waals surface area contributed by atoms with Gasteiger partial charge in [0.1, 0.15) is 0 Å². The highest BCUT2D eigenvalue weighted by atomic mass is 16.2. The summed E-state index contributed by atoms with van der Waals surface area (Å²) in [5, 5.41) is 3.28. The third-order valence-corrected chi connectivity index (χ3v) is 4.06. The topological polar surface area (TPSA) is 45.2 Å². The Hall–Kier alpha value is -3.14. The molecule has 4 heteroatoms. The van der Waals surface area contributed by atoms with Crippen LogP contribution in [-0.2, 0) is 6.54 Å². The average molecular weight is 345 g/mol. The predicted octanol–water partition coefficient (Wildman–Crippen LogP) is 4.75. The molecule has 2 aromatic carbocycles. The van der Waals surface area contributed by atoms with Crippen molar-refractivity contribution in [2.75, 3.05) is 16.8 Å². The van der Waals surface area contributed by atoms with E-state index < -0.39 is 0 Å². The zero-order valence-electron chi connectivity index (χ0n) is 14.9. The maximum absolute atomic E-state index is 13.2. The lowest BCUT2D eigenvalue weighted by Gasteiger charge is -2.23. The summed E-state index contributed by atoms with van der Waals surface area (Å²) in [5.41, 5.74) is 3.39. The van der Waals surface area contributed by atoms with Crippen LogP contribution in [0.4, 0.5) is 11.4 Å². The molecule has 3 aromatic rings. The Morgan fingerprint density at radius 3 is 2.38 bits per heavy atom. The van der Waals surface area contributed by atoms with Crippen LogP contribution in [0.5, 0.6) is 0 Å². The van der Waals surface area contributed by atoms with Gasteiger partial charge in [-0.05, 0) is 30.2 Å². The van der Waals surface area contributed by atoms with Gasteiger partial charge in [0, 0.05) is 24.6 Å². The molecular formula is C22H23N3O. The van der Waals surface area contributed by atoms with E-state index in [4.69, 9.17) is 0 Å². The molecule has 0 unspecified atom stereocenters. The Bertz CT molecular complexity index is 834. The molecule has 0 fully saturated rings. The summed E-state index contributed by atoms with van der Waals surface area (Å²) < 4.78 is 0. The molecular weight excluding hydrogens is 322 g/mol. The van der Waals surface area contributed by atoms with Gasteiger partial charge in [-0.15, -0.1) is 0 Å². The number of nitrogens with one attached hydrogen (secondary N) is 1. The highest BCUT2D eigenvalue weighted by Crippen LogP contribution is 2.21. The first-order valence-electron chi connectivity index (χ1n) is 8.87. The van der Waals surface area contributed by atoms with Gasteiger partial charge >= 0.3 is 0 Å². The van der Waals surface area contributed by atoms with Gasteiger partial charge in [-0.2, -0.15) is 0 Å². The van der Waals surface area contributed by atoms with Crippen molar-refractivity contribution in [3.05, 3.63) is 90.3 Å². The summed E-state index contributed by atoms with van der Waals surface area (Å²) in [6.45, 7) is 3.47. The lowest BCUT2D eigenvalue weighted by atomic mass is 10.1. The van der Waals surface area contributed by atoms with Gasteiger partial charge in [-0.1, -0.05) is 55.5 Å². The number of para-hydroxylation sites is 1. The van der Waals surface area contributed by atoms with Crippen LogP contribution >= 0.6 is 0 Å². The SMILES string of the molecule is CCCNc1cncc(C(=O)N(Cc2ccccc2)c2ccccc2)c1. The predicted molar refractivity (Wildman–Crippen MR) is 106 cm³/mol. The number of anilines is 2. The van der Waals surface area contributed by atoms with Crippen molar-refractivity contribution in [1.29, 1.82) is 0 Å². The monoisotopic (exact) mass is 345 g/mol. The minimum absolute atomic E-state index is 0.0623. The van der Waals surface area contributed by atoms with E-state index in [1.165, 1.54) is 0 Å². The van der Waals surface area contributed by atoms with E-state index in [2.05, 4.69) is 17.2 Å². The summed E-state index contributed by atoms with van der Waals surface area (Å²) in [6.07, 6.45) is 4.39. The van der Waals surface area contributed by atoms with Crippen LogP contribution in [0.25, 0.3) is 0 Å². The number of aromatic nitrogens is 1. The standard InChI is InChI=1S/C22H23N3O/c1-2-13-24-20-14-19(15-23-16-20)22(26)25(21-11-7-4-8-12-21)17-18-9-5-3-6-10-18/h3-12,14-16,24H,2,13,17H2,1H3. The fourth-order valence-electron chi connectivity index (χ4n) is 2.73. The molecule has 0 saturated carbocycles.